The first kappa shape index (κ1) is 16.8. The standard InChI is InChI=1S/C19H26N2O3/c1-14(22)21-10-4-7-18(21)19(23)20-11-8-15(9-12-20)16-5-3-6-17(13-16)24-2/h3,5-6,13,15,18H,4,7-12H2,1-2H3. The second kappa shape index (κ2) is 7.24. The Labute approximate surface area is 143 Å². The summed E-state index contributed by atoms with van der Waals surface area (Å²) in [6, 6.07) is 7.97. The van der Waals surface area contributed by atoms with E-state index in [0.29, 0.717) is 12.5 Å². The number of carbonyl (C=O) groups is 2. The number of amides is 2. The molecule has 0 radical (unpaired) electrons. The highest BCUT2D eigenvalue weighted by Crippen LogP contribution is 2.31. The van der Waals surface area contributed by atoms with Crippen LogP contribution in [0.2, 0.25) is 0 Å². The topological polar surface area (TPSA) is 49.9 Å². The van der Waals surface area contributed by atoms with Gasteiger partial charge in [-0.15, -0.1) is 0 Å². The Kier molecular flexibility index (Phi) is 5.07. The summed E-state index contributed by atoms with van der Waals surface area (Å²) in [6.07, 6.45) is 3.65. The fourth-order valence-electron chi connectivity index (χ4n) is 3.94. The van der Waals surface area contributed by atoms with Crippen molar-refractivity contribution in [3.63, 3.8) is 0 Å². The van der Waals surface area contributed by atoms with E-state index in [2.05, 4.69) is 12.1 Å². The molecule has 2 aliphatic rings. The Morgan fingerprint density at radius 1 is 1.12 bits per heavy atom. The van der Waals surface area contributed by atoms with Gasteiger partial charge in [0.25, 0.3) is 0 Å². The fraction of sp³-hybridized carbons (Fsp3) is 0.579. The predicted octanol–water partition coefficient (Wildman–Crippen LogP) is 2.41. The van der Waals surface area contributed by atoms with Gasteiger partial charge in [0.2, 0.25) is 11.8 Å². The minimum atomic E-state index is -0.240. The number of ether oxygens (including phenoxy) is 1. The van der Waals surface area contributed by atoms with Gasteiger partial charge in [-0.3, -0.25) is 9.59 Å². The van der Waals surface area contributed by atoms with Crippen molar-refractivity contribution in [3.05, 3.63) is 29.8 Å². The molecule has 1 unspecified atom stereocenters. The van der Waals surface area contributed by atoms with Crippen LogP contribution >= 0.6 is 0 Å². The van der Waals surface area contributed by atoms with Gasteiger partial charge in [-0.25, -0.2) is 0 Å². The average Bonchev–Trinajstić information content (AvgIpc) is 3.11. The predicted molar refractivity (Wildman–Crippen MR) is 92.0 cm³/mol. The number of rotatable bonds is 3. The minimum absolute atomic E-state index is 0.0112. The molecule has 3 rings (SSSR count). The van der Waals surface area contributed by atoms with Crippen molar-refractivity contribution in [2.75, 3.05) is 26.7 Å². The van der Waals surface area contributed by atoms with E-state index >= 15 is 0 Å². The highest BCUT2D eigenvalue weighted by Gasteiger charge is 2.36. The van der Waals surface area contributed by atoms with E-state index in [1.165, 1.54) is 5.56 Å². The molecule has 2 fully saturated rings. The Balaban J connectivity index is 1.60. The molecule has 2 heterocycles. The molecule has 0 N–H and O–H groups in total. The van der Waals surface area contributed by atoms with E-state index in [-0.39, 0.29) is 17.9 Å². The van der Waals surface area contributed by atoms with Crippen molar-refractivity contribution in [2.24, 2.45) is 0 Å². The molecule has 2 aliphatic heterocycles. The van der Waals surface area contributed by atoms with E-state index in [0.717, 1.165) is 44.5 Å². The first-order chi connectivity index (χ1) is 11.6. The lowest BCUT2D eigenvalue weighted by Gasteiger charge is -2.35. The van der Waals surface area contributed by atoms with Crippen LogP contribution in [-0.2, 0) is 9.59 Å². The van der Waals surface area contributed by atoms with Gasteiger partial charge in [0.1, 0.15) is 11.8 Å². The summed E-state index contributed by atoms with van der Waals surface area (Å²) in [4.78, 5) is 28.1. The first-order valence-corrected chi connectivity index (χ1v) is 8.80. The van der Waals surface area contributed by atoms with Crippen molar-refractivity contribution in [1.82, 2.24) is 9.80 Å². The Hall–Kier alpha value is -2.04. The van der Waals surface area contributed by atoms with Crippen molar-refractivity contribution >= 4 is 11.8 Å². The lowest BCUT2D eigenvalue weighted by atomic mass is 9.89. The SMILES string of the molecule is COc1cccc(C2CCN(C(=O)C3CCCN3C(C)=O)CC2)c1. The van der Waals surface area contributed by atoms with Gasteiger partial charge in [0.15, 0.2) is 0 Å². The molecule has 2 amide bonds. The van der Waals surface area contributed by atoms with Gasteiger partial charge < -0.3 is 14.5 Å². The third kappa shape index (κ3) is 3.40. The lowest BCUT2D eigenvalue weighted by molar-refractivity contribution is -0.143. The number of carbonyl (C=O) groups excluding carboxylic acids is 2. The molecule has 0 spiro atoms. The number of methoxy groups -OCH3 is 1. The van der Waals surface area contributed by atoms with Crippen molar-refractivity contribution < 1.29 is 14.3 Å². The van der Waals surface area contributed by atoms with E-state index in [4.69, 9.17) is 4.74 Å². The zero-order valence-corrected chi connectivity index (χ0v) is 14.5. The van der Waals surface area contributed by atoms with Crippen LogP contribution in [0.1, 0.15) is 44.1 Å². The van der Waals surface area contributed by atoms with Crippen LogP contribution in [0.15, 0.2) is 24.3 Å². The van der Waals surface area contributed by atoms with Crippen LogP contribution in [0, 0.1) is 0 Å². The monoisotopic (exact) mass is 330 g/mol. The maximum atomic E-state index is 12.8. The lowest BCUT2D eigenvalue weighted by Crippen LogP contribution is -2.49. The molecule has 0 aliphatic carbocycles. The van der Waals surface area contributed by atoms with Crippen molar-refractivity contribution in [3.8, 4) is 5.75 Å². The summed E-state index contributed by atoms with van der Waals surface area (Å²) in [7, 11) is 1.68. The third-order valence-corrected chi connectivity index (χ3v) is 5.31. The van der Waals surface area contributed by atoms with Gasteiger partial charge in [0, 0.05) is 26.6 Å². The van der Waals surface area contributed by atoms with Gasteiger partial charge >= 0.3 is 0 Å². The van der Waals surface area contributed by atoms with Crippen molar-refractivity contribution in [2.45, 2.75) is 44.6 Å². The maximum absolute atomic E-state index is 12.8. The second-order valence-corrected chi connectivity index (χ2v) is 6.75. The molecule has 5 nitrogen and oxygen atoms in total. The van der Waals surface area contributed by atoms with Crippen LogP contribution in [0.3, 0.4) is 0 Å². The molecule has 0 bridgehead atoms. The largest absolute Gasteiger partial charge is 0.497 e. The number of hydrogen-bond acceptors (Lipinski definition) is 3. The third-order valence-electron chi connectivity index (χ3n) is 5.31. The summed E-state index contributed by atoms with van der Waals surface area (Å²) in [5.74, 6) is 1.50. The number of nitrogens with zero attached hydrogens (tertiary/aromatic N) is 2. The Morgan fingerprint density at radius 3 is 2.54 bits per heavy atom. The zero-order valence-electron chi connectivity index (χ0n) is 14.5. The molecule has 0 saturated carbocycles. The van der Waals surface area contributed by atoms with Crippen LogP contribution in [-0.4, -0.2) is 54.4 Å². The molecule has 24 heavy (non-hydrogen) atoms. The van der Waals surface area contributed by atoms with Crippen LogP contribution in [0.4, 0.5) is 0 Å². The minimum Gasteiger partial charge on any atom is -0.497 e. The quantitative estimate of drug-likeness (QED) is 0.855. The molecule has 5 heteroatoms. The van der Waals surface area contributed by atoms with Crippen LogP contribution < -0.4 is 4.74 Å². The van der Waals surface area contributed by atoms with Gasteiger partial charge in [-0.05, 0) is 49.3 Å². The second-order valence-electron chi connectivity index (χ2n) is 6.75. The summed E-state index contributed by atoms with van der Waals surface area (Å²) < 4.78 is 5.30. The maximum Gasteiger partial charge on any atom is 0.245 e. The molecule has 1 aromatic carbocycles. The van der Waals surface area contributed by atoms with Gasteiger partial charge in [0.05, 0.1) is 7.11 Å². The molecule has 1 aromatic rings. The normalized spacial score (nSPS) is 21.8. The number of piperidine rings is 1. The summed E-state index contributed by atoms with van der Waals surface area (Å²) in [6.45, 7) is 3.80. The number of hydrogen-bond donors (Lipinski definition) is 0. The number of likely N-dealkylation sites (tertiary alicyclic amines) is 2. The average molecular weight is 330 g/mol. The summed E-state index contributed by atoms with van der Waals surface area (Å²) >= 11 is 0. The molecule has 1 atom stereocenters. The van der Waals surface area contributed by atoms with Gasteiger partial charge in [-0.1, -0.05) is 12.1 Å². The summed E-state index contributed by atoms with van der Waals surface area (Å²) in [5.41, 5.74) is 1.28. The molecular weight excluding hydrogens is 304 g/mol. The fourth-order valence-corrected chi connectivity index (χ4v) is 3.94. The smallest absolute Gasteiger partial charge is 0.245 e. The highest BCUT2D eigenvalue weighted by molar-refractivity contribution is 5.87. The zero-order chi connectivity index (χ0) is 17.1. The van der Waals surface area contributed by atoms with E-state index in [9.17, 15) is 9.59 Å². The van der Waals surface area contributed by atoms with E-state index < -0.39 is 0 Å². The molecule has 130 valence electrons. The van der Waals surface area contributed by atoms with E-state index in [1.807, 2.05) is 17.0 Å². The highest BCUT2D eigenvalue weighted by atomic mass is 16.5. The van der Waals surface area contributed by atoms with Gasteiger partial charge in [-0.2, -0.15) is 0 Å². The molecule has 2 saturated heterocycles. The molecular formula is C19H26N2O3. The number of benzene rings is 1. The van der Waals surface area contributed by atoms with Crippen LogP contribution in [0.25, 0.3) is 0 Å². The van der Waals surface area contributed by atoms with Crippen LogP contribution in [0.5, 0.6) is 5.75 Å². The molecule has 0 aromatic heterocycles. The first-order valence-electron chi connectivity index (χ1n) is 8.80. The summed E-state index contributed by atoms with van der Waals surface area (Å²) in [5, 5.41) is 0. The Bertz CT molecular complexity index is 608. The van der Waals surface area contributed by atoms with E-state index in [1.54, 1.807) is 18.9 Å². The Morgan fingerprint density at radius 2 is 1.88 bits per heavy atom. The van der Waals surface area contributed by atoms with Crippen molar-refractivity contribution in [1.29, 1.82) is 0 Å².